The molecule has 8 nitrogen and oxygen atoms in total. The topological polar surface area (TPSA) is 105 Å². The van der Waals surface area contributed by atoms with Crippen LogP contribution in [0.4, 0.5) is 5.69 Å². The number of hydrogen-bond acceptors (Lipinski definition) is 8. The summed E-state index contributed by atoms with van der Waals surface area (Å²) in [5.41, 5.74) is 9.99. The van der Waals surface area contributed by atoms with E-state index in [1.165, 1.54) is 11.5 Å². The van der Waals surface area contributed by atoms with Crippen LogP contribution in [0.3, 0.4) is 0 Å². The Morgan fingerprint density at radius 1 is 0.971 bits per heavy atom. The minimum atomic E-state index is -0.220. The van der Waals surface area contributed by atoms with Crippen LogP contribution in [0.2, 0.25) is 0 Å². The van der Waals surface area contributed by atoms with Crippen molar-refractivity contribution in [3.05, 3.63) is 35.7 Å². The van der Waals surface area contributed by atoms with E-state index in [1.807, 2.05) is 49.6 Å². The largest absolute Gasteiger partial charge is 0.495 e. The maximum atomic E-state index is 12.6. The van der Waals surface area contributed by atoms with Gasteiger partial charge in [-0.2, -0.15) is 4.37 Å². The van der Waals surface area contributed by atoms with Crippen molar-refractivity contribution in [2.75, 3.05) is 33.8 Å². The fourth-order valence-corrected chi connectivity index (χ4v) is 4.21. The minimum absolute atomic E-state index is 0.162. The summed E-state index contributed by atoms with van der Waals surface area (Å²) in [5, 5.41) is 4.90. The van der Waals surface area contributed by atoms with Crippen LogP contribution >= 0.6 is 11.5 Å². The Morgan fingerprint density at radius 3 is 2.18 bits per heavy atom. The van der Waals surface area contributed by atoms with E-state index in [0.29, 0.717) is 28.7 Å². The molecule has 0 aliphatic carbocycles. The molecule has 0 spiro atoms. The number of nitrogens with two attached hydrogens (primary N) is 1. The third kappa shape index (κ3) is 5.43. The van der Waals surface area contributed by atoms with Gasteiger partial charge in [-0.3, -0.25) is 4.79 Å². The van der Waals surface area contributed by atoms with Gasteiger partial charge in [0.15, 0.2) is 11.5 Å². The van der Waals surface area contributed by atoms with Crippen molar-refractivity contribution in [2.24, 2.45) is 11.7 Å². The van der Waals surface area contributed by atoms with Gasteiger partial charge in [0.2, 0.25) is 11.7 Å². The number of nitrogens with one attached hydrogen (secondary N) is 1. The Morgan fingerprint density at radius 2 is 1.62 bits per heavy atom. The first-order valence-electron chi connectivity index (χ1n) is 10.8. The zero-order valence-corrected chi connectivity index (χ0v) is 21.1. The highest BCUT2D eigenvalue weighted by Gasteiger charge is 2.20. The molecule has 0 bridgehead atoms. The summed E-state index contributed by atoms with van der Waals surface area (Å²) in [6.45, 7) is 3.99. The Bertz CT molecular complexity index is 1120. The van der Waals surface area contributed by atoms with Crippen molar-refractivity contribution in [3.63, 3.8) is 0 Å². The first-order valence-corrected chi connectivity index (χ1v) is 11.6. The molecule has 9 heteroatoms. The summed E-state index contributed by atoms with van der Waals surface area (Å²) in [4.78, 5) is 12.6. The van der Waals surface area contributed by atoms with Crippen LogP contribution in [0.25, 0.3) is 22.4 Å². The van der Waals surface area contributed by atoms with Crippen LogP contribution in [0, 0.1) is 5.92 Å². The third-order valence-electron chi connectivity index (χ3n) is 5.57. The molecule has 1 atom stereocenters. The van der Waals surface area contributed by atoms with Gasteiger partial charge < -0.3 is 30.0 Å². The summed E-state index contributed by atoms with van der Waals surface area (Å²) >= 11 is 1.34. The van der Waals surface area contributed by atoms with Crippen LogP contribution in [0.5, 0.6) is 23.0 Å². The van der Waals surface area contributed by atoms with Gasteiger partial charge in [0, 0.05) is 29.0 Å². The monoisotopic (exact) mass is 485 g/mol. The number of amides is 1. The number of carbonyl (C=O) groups excluding carboxylic acids is 1. The van der Waals surface area contributed by atoms with E-state index < -0.39 is 0 Å². The van der Waals surface area contributed by atoms with Crippen molar-refractivity contribution >= 4 is 23.1 Å². The van der Waals surface area contributed by atoms with Crippen LogP contribution in [-0.4, -0.2) is 44.8 Å². The molecule has 0 radical (unpaired) electrons. The Hall–Kier alpha value is -3.30. The Balaban J connectivity index is 2.00. The lowest BCUT2D eigenvalue weighted by Gasteiger charge is -2.17. The summed E-state index contributed by atoms with van der Waals surface area (Å²) in [6, 6.07) is 9.13. The first-order chi connectivity index (χ1) is 16.3. The predicted octanol–water partition coefficient (Wildman–Crippen LogP) is 4.82. The van der Waals surface area contributed by atoms with Gasteiger partial charge >= 0.3 is 0 Å². The zero-order chi connectivity index (χ0) is 24.8. The fourth-order valence-electron chi connectivity index (χ4n) is 3.49. The van der Waals surface area contributed by atoms with Gasteiger partial charge in [-0.15, -0.1) is 0 Å². The number of aromatic nitrogens is 1. The summed E-state index contributed by atoms with van der Waals surface area (Å²) in [7, 11) is 6.28. The summed E-state index contributed by atoms with van der Waals surface area (Å²) in [5.74, 6) is 2.20. The number of hydrogen-bond donors (Lipinski definition) is 2. The normalized spacial score (nSPS) is 11.8. The average molecular weight is 486 g/mol. The number of anilines is 1. The highest BCUT2D eigenvalue weighted by atomic mass is 32.1. The lowest BCUT2D eigenvalue weighted by Crippen LogP contribution is -2.31. The molecule has 1 heterocycles. The van der Waals surface area contributed by atoms with Gasteiger partial charge in [-0.25, -0.2) is 0 Å². The van der Waals surface area contributed by atoms with Gasteiger partial charge in [0.1, 0.15) is 5.75 Å². The van der Waals surface area contributed by atoms with Gasteiger partial charge in [0.25, 0.3) is 0 Å². The number of rotatable bonds is 10. The average Bonchev–Trinajstić information content (AvgIpc) is 3.32. The number of methoxy groups -OCH3 is 4. The van der Waals surface area contributed by atoms with Crippen LogP contribution < -0.4 is 30.0 Å². The molecule has 1 unspecified atom stereocenters. The first kappa shape index (κ1) is 25.3. The Labute approximate surface area is 204 Å². The molecule has 34 heavy (non-hydrogen) atoms. The fraction of sp³-hybridized carbons (Fsp3) is 0.360. The highest BCUT2D eigenvalue weighted by Crippen LogP contribution is 2.44. The maximum absolute atomic E-state index is 12.6. The maximum Gasteiger partial charge on any atom is 0.226 e. The van der Waals surface area contributed by atoms with E-state index in [4.69, 9.17) is 24.7 Å². The molecule has 3 aromatic rings. The van der Waals surface area contributed by atoms with E-state index in [0.717, 1.165) is 22.4 Å². The van der Waals surface area contributed by atoms with Gasteiger partial charge in [-0.1, -0.05) is 19.9 Å². The van der Waals surface area contributed by atoms with E-state index in [-0.39, 0.29) is 24.3 Å². The molecule has 3 N–H and O–H groups in total. The molecule has 1 amide bonds. The minimum Gasteiger partial charge on any atom is -0.495 e. The quantitative estimate of drug-likeness (QED) is 0.424. The number of carbonyl (C=O) groups is 1. The Kier molecular flexibility index (Phi) is 8.36. The van der Waals surface area contributed by atoms with Crippen molar-refractivity contribution in [1.29, 1.82) is 0 Å². The van der Waals surface area contributed by atoms with E-state index in [2.05, 4.69) is 9.69 Å². The SMILES string of the molecule is COc1ccc(-c2csnc2-c2cc(OC)c(OC)c(OC)c2)cc1NC(=O)CC(N)C(C)C. The molecule has 182 valence electrons. The second-order valence-corrected chi connectivity index (χ2v) is 8.70. The number of benzene rings is 2. The standard InChI is InChI=1S/C25H31N3O5S/c1-14(2)18(26)12-23(29)27-19-9-15(7-8-20(19)30-3)17-13-34-28-24(17)16-10-21(31-4)25(33-6)22(11-16)32-5/h7-11,13-14,18H,12,26H2,1-6H3,(H,27,29). The van der Waals surface area contributed by atoms with Gasteiger partial charge in [-0.05, 0) is 47.3 Å². The van der Waals surface area contributed by atoms with Crippen molar-refractivity contribution < 1.29 is 23.7 Å². The smallest absolute Gasteiger partial charge is 0.226 e. The zero-order valence-electron chi connectivity index (χ0n) is 20.3. The third-order valence-corrected chi connectivity index (χ3v) is 6.20. The number of ether oxygens (including phenoxy) is 4. The predicted molar refractivity (Wildman–Crippen MR) is 135 cm³/mol. The molecular weight excluding hydrogens is 454 g/mol. The molecule has 1 aromatic heterocycles. The second-order valence-electron chi connectivity index (χ2n) is 8.07. The molecule has 0 aliphatic rings. The van der Waals surface area contributed by atoms with Crippen molar-refractivity contribution in [1.82, 2.24) is 4.37 Å². The van der Waals surface area contributed by atoms with Crippen LogP contribution in [0.15, 0.2) is 35.7 Å². The van der Waals surface area contributed by atoms with E-state index in [9.17, 15) is 4.79 Å². The van der Waals surface area contributed by atoms with Crippen molar-refractivity contribution in [2.45, 2.75) is 26.3 Å². The molecule has 3 rings (SSSR count). The van der Waals surface area contributed by atoms with E-state index >= 15 is 0 Å². The van der Waals surface area contributed by atoms with Gasteiger partial charge in [0.05, 0.1) is 39.8 Å². The lowest BCUT2D eigenvalue weighted by atomic mass is 10.00. The van der Waals surface area contributed by atoms with E-state index in [1.54, 1.807) is 28.4 Å². The number of nitrogens with zero attached hydrogens (tertiary/aromatic N) is 1. The molecular formula is C25H31N3O5S. The molecule has 0 aliphatic heterocycles. The second kappa shape index (κ2) is 11.2. The highest BCUT2D eigenvalue weighted by molar-refractivity contribution is 7.04. The molecule has 0 saturated carbocycles. The summed E-state index contributed by atoms with van der Waals surface area (Å²) < 4.78 is 26.5. The molecule has 0 fully saturated rings. The van der Waals surface area contributed by atoms with Crippen LogP contribution in [0.1, 0.15) is 20.3 Å². The lowest BCUT2D eigenvalue weighted by molar-refractivity contribution is -0.116. The molecule has 2 aromatic carbocycles. The van der Waals surface area contributed by atoms with Crippen LogP contribution in [-0.2, 0) is 4.79 Å². The molecule has 0 saturated heterocycles. The summed E-state index contributed by atoms with van der Waals surface area (Å²) in [6.07, 6.45) is 0.224. The van der Waals surface area contributed by atoms with Crippen molar-refractivity contribution in [3.8, 4) is 45.4 Å².